The van der Waals surface area contributed by atoms with Crippen LogP contribution in [-0.2, 0) is 10.8 Å². The van der Waals surface area contributed by atoms with Gasteiger partial charge in [-0.25, -0.2) is 0 Å². The second-order valence-corrected chi connectivity index (χ2v) is 19.2. The van der Waals surface area contributed by atoms with Crippen molar-refractivity contribution in [2.75, 3.05) is 4.90 Å². The molecule has 0 unspecified atom stereocenters. The van der Waals surface area contributed by atoms with Crippen molar-refractivity contribution < 1.29 is 4.42 Å². The van der Waals surface area contributed by atoms with Crippen LogP contribution in [-0.4, -0.2) is 0 Å². The monoisotopic (exact) mass is 861 g/mol. The molecular formula is C65H51NO. The summed E-state index contributed by atoms with van der Waals surface area (Å²) >= 11 is 0. The molecule has 322 valence electrons. The van der Waals surface area contributed by atoms with Gasteiger partial charge < -0.3 is 9.32 Å². The number of para-hydroxylation sites is 1. The Morgan fingerprint density at radius 2 is 1.24 bits per heavy atom. The fraction of sp³-hybridized carbons (Fsp3) is 0.138. The molecule has 2 nitrogen and oxygen atoms in total. The molecule has 8 aromatic carbocycles. The number of furan rings is 1. The van der Waals surface area contributed by atoms with Gasteiger partial charge in [0.2, 0.25) is 0 Å². The number of hydrogen-bond donors (Lipinski definition) is 0. The summed E-state index contributed by atoms with van der Waals surface area (Å²) in [5, 5.41) is 2.33. The summed E-state index contributed by atoms with van der Waals surface area (Å²) in [7, 11) is 0. The van der Waals surface area contributed by atoms with E-state index in [4.69, 9.17) is 4.42 Å². The number of hydrogen-bond acceptors (Lipinski definition) is 2. The number of benzene rings is 8. The maximum absolute atomic E-state index is 7.02. The molecule has 4 aliphatic rings. The van der Waals surface area contributed by atoms with Crippen molar-refractivity contribution in [1.29, 1.82) is 0 Å². The SMILES string of the molecule is C/C=C(\C=C/CC)c1ccc(N(c2ccc(-c3cc4c(c5c3oc3ccccc35)-c3ccccc3C43c4ccccc4-c4ccccc43)cc2)c2ccc3c(c2)C(C)(C)C2=C3C=CCC2)cc1. The van der Waals surface area contributed by atoms with Gasteiger partial charge in [0, 0.05) is 38.8 Å². The van der Waals surface area contributed by atoms with Crippen LogP contribution in [0.1, 0.15) is 85.9 Å². The molecule has 0 aliphatic heterocycles. The lowest BCUT2D eigenvalue weighted by Crippen LogP contribution is -2.25. The Labute approximate surface area is 393 Å². The van der Waals surface area contributed by atoms with Gasteiger partial charge in [-0.15, -0.1) is 0 Å². The Kier molecular flexibility index (Phi) is 8.83. The van der Waals surface area contributed by atoms with Crippen LogP contribution in [0.3, 0.4) is 0 Å². The third kappa shape index (κ3) is 5.57. The Morgan fingerprint density at radius 3 is 1.94 bits per heavy atom. The summed E-state index contributed by atoms with van der Waals surface area (Å²) in [5.41, 5.74) is 25.6. The lowest BCUT2D eigenvalue weighted by atomic mass is 9.70. The van der Waals surface area contributed by atoms with Crippen LogP contribution in [0.2, 0.25) is 0 Å². The molecule has 0 fully saturated rings. The van der Waals surface area contributed by atoms with Crippen LogP contribution in [0.4, 0.5) is 17.1 Å². The highest BCUT2D eigenvalue weighted by Gasteiger charge is 2.52. The average molecular weight is 862 g/mol. The standard InChI is InChI=1S/C65H51NO/c1-5-7-18-41(6-2)42-29-33-44(34-30-42)66(46-37-38-50-47-19-8-13-24-54(47)64(3,4)58(50)39-46)45-35-31-43(32-36-45)53-40-59-61(62-52-23-12-17-28-60(52)67-63(53)62)51-22-11-16-27-57(51)65(59)55-25-14-9-20-48(55)49-21-10-15-26-56(49)65/h6-12,14-23,25-40H,5,13,24H2,1-4H3/b18-7-,41-6+. The van der Waals surface area contributed by atoms with E-state index in [1.807, 2.05) is 0 Å². The Bertz CT molecular complexity index is 3600. The van der Waals surface area contributed by atoms with Crippen molar-refractivity contribution in [1.82, 2.24) is 0 Å². The fourth-order valence-corrected chi connectivity index (χ4v) is 12.5. The maximum Gasteiger partial charge on any atom is 0.143 e. The van der Waals surface area contributed by atoms with E-state index in [-0.39, 0.29) is 5.41 Å². The lowest BCUT2D eigenvalue weighted by molar-refractivity contribution is 0.607. The molecule has 1 heterocycles. The van der Waals surface area contributed by atoms with Gasteiger partial charge in [-0.2, -0.15) is 0 Å². The van der Waals surface area contributed by atoms with Gasteiger partial charge in [-0.1, -0.05) is 178 Å². The lowest BCUT2D eigenvalue weighted by Gasteiger charge is -2.31. The van der Waals surface area contributed by atoms with Crippen molar-refractivity contribution in [2.24, 2.45) is 0 Å². The molecule has 1 spiro atoms. The van der Waals surface area contributed by atoms with Crippen LogP contribution in [0.15, 0.2) is 210 Å². The molecule has 2 heteroatoms. The number of anilines is 3. The van der Waals surface area contributed by atoms with Crippen molar-refractivity contribution in [3.63, 3.8) is 0 Å². The van der Waals surface area contributed by atoms with Gasteiger partial charge in [-0.05, 0) is 153 Å². The highest BCUT2D eigenvalue weighted by molar-refractivity contribution is 6.19. The first kappa shape index (κ1) is 39.7. The van der Waals surface area contributed by atoms with E-state index in [0.29, 0.717) is 0 Å². The van der Waals surface area contributed by atoms with E-state index >= 15 is 0 Å². The predicted octanol–water partition coefficient (Wildman–Crippen LogP) is 17.8. The second kappa shape index (κ2) is 14.9. The molecule has 9 aromatic rings. The van der Waals surface area contributed by atoms with Crippen LogP contribution >= 0.6 is 0 Å². The van der Waals surface area contributed by atoms with Crippen molar-refractivity contribution in [2.45, 2.75) is 57.8 Å². The van der Waals surface area contributed by atoms with Crippen LogP contribution < -0.4 is 4.90 Å². The number of rotatable bonds is 7. The van der Waals surface area contributed by atoms with Crippen molar-refractivity contribution >= 4 is 50.1 Å². The third-order valence-electron chi connectivity index (χ3n) is 15.5. The molecule has 0 saturated heterocycles. The molecule has 4 aliphatic carbocycles. The van der Waals surface area contributed by atoms with Gasteiger partial charge in [0.15, 0.2) is 0 Å². The van der Waals surface area contributed by atoms with Gasteiger partial charge in [0.25, 0.3) is 0 Å². The summed E-state index contributed by atoms with van der Waals surface area (Å²) in [6, 6.07) is 63.8. The summed E-state index contributed by atoms with van der Waals surface area (Å²) in [5.74, 6) is 0. The van der Waals surface area contributed by atoms with Crippen molar-refractivity contribution in [3.8, 4) is 33.4 Å². The Morgan fingerprint density at radius 1 is 0.612 bits per heavy atom. The highest BCUT2D eigenvalue weighted by Crippen LogP contribution is 2.65. The van der Waals surface area contributed by atoms with Crippen LogP contribution in [0.5, 0.6) is 0 Å². The summed E-state index contributed by atoms with van der Waals surface area (Å²) < 4.78 is 7.02. The fourth-order valence-electron chi connectivity index (χ4n) is 12.5. The predicted molar refractivity (Wildman–Crippen MR) is 282 cm³/mol. The van der Waals surface area contributed by atoms with Gasteiger partial charge in [-0.3, -0.25) is 0 Å². The quantitative estimate of drug-likeness (QED) is 0.148. The molecule has 0 radical (unpaired) electrons. The van der Waals surface area contributed by atoms with E-state index in [0.717, 1.165) is 64.0 Å². The molecule has 67 heavy (non-hydrogen) atoms. The summed E-state index contributed by atoms with van der Waals surface area (Å²) in [4.78, 5) is 2.44. The van der Waals surface area contributed by atoms with E-state index in [2.05, 4.69) is 233 Å². The Balaban J connectivity index is 1.01. The zero-order chi connectivity index (χ0) is 45.0. The van der Waals surface area contributed by atoms with E-state index in [9.17, 15) is 0 Å². The minimum Gasteiger partial charge on any atom is -0.455 e. The molecule has 1 aromatic heterocycles. The topological polar surface area (TPSA) is 16.4 Å². The third-order valence-corrected chi connectivity index (χ3v) is 15.5. The van der Waals surface area contributed by atoms with E-state index < -0.39 is 5.41 Å². The van der Waals surface area contributed by atoms with Gasteiger partial charge in [0.05, 0.1) is 5.41 Å². The average Bonchev–Trinajstić information content (AvgIpc) is 4.07. The number of fused-ring (bicyclic) bond motifs is 16. The second-order valence-electron chi connectivity index (χ2n) is 19.2. The van der Waals surface area contributed by atoms with Crippen molar-refractivity contribution in [3.05, 3.63) is 245 Å². The molecule has 0 bridgehead atoms. The summed E-state index contributed by atoms with van der Waals surface area (Å²) in [6.45, 7) is 9.13. The normalized spacial score (nSPS) is 15.9. The molecule has 0 atom stereocenters. The highest BCUT2D eigenvalue weighted by atomic mass is 16.3. The molecule has 0 amide bonds. The first-order valence-electron chi connectivity index (χ1n) is 24.1. The molecule has 0 saturated carbocycles. The Hall–Kier alpha value is -7.68. The maximum atomic E-state index is 7.02. The molecular weight excluding hydrogens is 811 g/mol. The minimum absolute atomic E-state index is 0.0415. The van der Waals surface area contributed by atoms with Gasteiger partial charge in [0.1, 0.15) is 11.2 Å². The number of nitrogens with zero attached hydrogens (tertiary/aromatic N) is 1. The smallest absolute Gasteiger partial charge is 0.143 e. The van der Waals surface area contributed by atoms with Crippen LogP contribution in [0, 0.1) is 0 Å². The first-order chi connectivity index (χ1) is 32.9. The van der Waals surface area contributed by atoms with Crippen LogP contribution in [0.25, 0.3) is 66.5 Å². The minimum atomic E-state index is -0.478. The summed E-state index contributed by atoms with van der Waals surface area (Å²) in [6.07, 6.45) is 14.6. The van der Waals surface area contributed by atoms with E-state index in [1.54, 1.807) is 5.57 Å². The molecule has 0 N–H and O–H groups in total. The van der Waals surface area contributed by atoms with Gasteiger partial charge >= 0.3 is 0 Å². The first-order valence-corrected chi connectivity index (χ1v) is 24.1. The molecule has 13 rings (SSSR count). The number of allylic oxidation sites excluding steroid dienone is 8. The zero-order valence-corrected chi connectivity index (χ0v) is 38.5. The zero-order valence-electron chi connectivity index (χ0n) is 38.5. The largest absolute Gasteiger partial charge is 0.455 e. The van der Waals surface area contributed by atoms with E-state index in [1.165, 1.54) is 77.7 Å².